The van der Waals surface area contributed by atoms with E-state index in [1.165, 1.54) is 37.0 Å². The molecule has 0 fully saturated rings. The van der Waals surface area contributed by atoms with Gasteiger partial charge in [0.1, 0.15) is 17.1 Å². The van der Waals surface area contributed by atoms with E-state index in [-0.39, 0.29) is 27.8 Å². The number of halogens is 2. The van der Waals surface area contributed by atoms with E-state index in [4.69, 9.17) is 16.3 Å². The number of hydrogen-bond donors (Lipinski definition) is 1. The zero-order valence-electron chi connectivity index (χ0n) is 16.1. The quantitative estimate of drug-likeness (QED) is 0.480. The minimum Gasteiger partial charge on any atom is -0.465 e. The highest BCUT2D eigenvalue weighted by Gasteiger charge is 2.21. The third-order valence-corrected chi connectivity index (χ3v) is 4.34. The summed E-state index contributed by atoms with van der Waals surface area (Å²) in [7, 11) is 2.83. The molecule has 1 atom stereocenters. The highest BCUT2D eigenvalue weighted by molar-refractivity contribution is 6.30. The summed E-state index contributed by atoms with van der Waals surface area (Å²) < 4.78 is 24.6. The van der Waals surface area contributed by atoms with Crippen LogP contribution in [0.1, 0.15) is 28.9 Å². The molecule has 0 unspecified atom stereocenters. The molecule has 0 radical (unpaired) electrons. The molecule has 12 heteroatoms. The van der Waals surface area contributed by atoms with E-state index in [9.17, 15) is 14.0 Å². The van der Waals surface area contributed by atoms with Gasteiger partial charge in [0.25, 0.3) is 0 Å². The van der Waals surface area contributed by atoms with E-state index in [0.29, 0.717) is 5.69 Å². The second-order valence-electron chi connectivity index (χ2n) is 6.04. The van der Waals surface area contributed by atoms with Gasteiger partial charge in [-0.3, -0.25) is 10.3 Å². The number of methoxy groups -OCH3 is 1. The molecule has 3 aromatic rings. The monoisotopic (exact) mass is 434 g/mol. The Morgan fingerprint density at radius 2 is 2.03 bits per heavy atom. The van der Waals surface area contributed by atoms with E-state index in [2.05, 4.69) is 30.3 Å². The maximum absolute atomic E-state index is 13.4. The van der Waals surface area contributed by atoms with Gasteiger partial charge in [-0.1, -0.05) is 16.8 Å². The molecule has 0 aliphatic carbocycles. The van der Waals surface area contributed by atoms with Crippen molar-refractivity contribution in [3.63, 3.8) is 0 Å². The van der Waals surface area contributed by atoms with Crippen molar-refractivity contribution >= 4 is 29.5 Å². The molecular weight excluding hydrogens is 419 g/mol. The molecule has 3 aromatic heterocycles. The van der Waals surface area contributed by atoms with E-state index >= 15 is 0 Å². The molecule has 156 valence electrons. The number of carbonyl (C=O) groups excluding carboxylic acids is 2. The largest absolute Gasteiger partial charge is 0.465 e. The van der Waals surface area contributed by atoms with Crippen molar-refractivity contribution in [1.82, 2.24) is 25.0 Å². The molecule has 0 aromatic carbocycles. The Labute approximate surface area is 175 Å². The maximum atomic E-state index is 13.4. The van der Waals surface area contributed by atoms with E-state index in [1.807, 2.05) is 0 Å². The lowest BCUT2D eigenvalue weighted by Crippen LogP contribution is -2.19. The van der Waals surface area contributed by atoms with Gasteiger partial charge >= 0.3 is 12.1 Å². The van der Waals surface area contributed by atoms with Gasteiger partial charge in [0.2, 0.25) is 0 Å². The number of nitrogens with one attached hydrogen (secondary N) is 1. The van der Waals surface area contributed by atoms with Crippen LogP contribution in [0.4, 0.5) is 15.0 Å². The van der Waals surface area contributed by atoms with Crippen LogP contribution in [0.25, 0.3) is 11.4 Å². The minimum absolute atomic E-state index is 0.0227. The van der Waals surface area contributed by atoms with Crippen LogP contribution in [0.5, 0.6) is 0 Å². The number of esters is 1. The summed E-state index contributed by atoms with van der Waals surface area (Å²) in [5.74, 6) is -0.937. The number of pyridine rings is 2. The first-order valence-corrected chi connectivity index (χ1v) is 8.91. The SMILES string of the molecule is COC(=O)c1ccc(-c2nnn(C)c2NC(=O)O[C@H](C)c2cc(F)cnc2Cl)nc1. The minimum atomic E-state index is -0.872. The molecule has 0 saturated heterocycles. The lowest BCUT2D eigenvalue weighted by molar-refractivity contribution is 0.0600. The normalized spacial score (nSPS) is 11.6. The van der Waals surface area contributed by atoms with Crippen LogP contribution in [-0.2, 0) is 16.5 Å². The molecule has 0 aliphatic heterocycles. The zero-order chi connectivity index (χ0) is 21.8. The summed E-state index contributed by atoms with van der Waals surface area (Å²) in [5, 5.41) is 10.4. The Balaban J connectivity index is 1.77. The van der Waals surface area contributed by atoms with E-state index in [1.54, 1.807) is 7.05 Å². The van der Waals surface area contributed by atoms with Gasteiger partial charge in [0.15, 0.2) is 11.5 Å². The Hall–Kier alpha value is -3.60. The number of anilines is 1. The summed E-state index contributed by atoms with van der Waals surface area (Å²) in [6, 6.07) is 4.18. The number of ether oxygens (including phenoxy) is 2. The number of aryl methyl sites for hydroxylation is 1. The van der Waals surface area contributed by atoms with Gasteiger partial charge in [-0.05, 0) is 25.1 Å². The van der Waals surface area contributed by atoms with Gasteiger partial charge in [0.05, 0.1) is 24.6 Å². The molecule has 1 amide bonds. The highest BCUT2D eigenvalue weighted by Crippen LogP contribution is 2.27. The molecule has 3 rings (SSSR count). The van der Waals surface area contributed by atoms with Gasteiger partial charge in [-0.15, -0.1) is 5.10 Å². The molecule has 0 saturated carbocycles. The predicted octanol–water partition coefficient (Wildman–Crippen LogP) is 3.16. The number of amides is 1. The number of nitrogens with zero attached hydrogens (tertiary/aromatic N) is 5. The molecule has 30 heavy (non-hydrogen) atoms. The predicted molar refractivity (Wildman–Crippen MR) is 103 cm³/mol. The number of carbonyl (C=O) groups is 2. The summed E-state index contributed by atoms with van der Waals surface area (Å²) >= 11 is 5.94. The molecular formula is C18H16ClFN6O4. The van der Waals surface area contributed by atoms with Crippen molar-refractivity contribution in [3.8, 4) is 11.4 Å². The average Bonchev–Trinajstić information content (AvgIpc) is 3.09. The molecule has 0 aliphatic rings. The Morgan fingerprint density at radius 3 is 2.70 bits per heavy atom. The fourth-order valence-electron chi connectivity index (χ4n) is 2.52. The van der Waals surface area contributed by atoms with Gasteiger partial charge in [0, 0.05) is 18.8 Å². The van der Waals surface area contributed by atoms with Crippen LogP contribution < -0.4 is 5.32 Å². The summed E-state index contributed by atoms with van der Waals surface area (Å²) in [4.78, 5) is 31.7. The molecule has 0 bridgehead atoms. The first-order chi connectivity index (χ1) is 14.3. The van der Waals surface area contributed by atoms with E-state index in [0.717, 1.165) is 12.3 Å². The molecule has 3 heterocycles. The summed E-state index contributed by atoms with van der Waals surface area (Å²) in [5.41, 5.74) is 1.09. The van der Waals surface area contributed by atoms with Gasteiger partial charge in [-0.25, -0.2) is 23.6 Å². The maximum Gasteiger partial charge on any atom is 0.413 e. The average molecular weight is 435 g/mol. The number of rotatable bonds is 5. The molecule has 0 spiro atoms. The van der Waals surface area contributed by atoms with Crippen LogP contribution in [0.15, 0.2) is 30.6 Å². The topological polar surface area (TPSA) is 121 Å². The lowest BCUT2D eigenvalue weighted by Gasteiger charge is -2.15. The van der Waals surface area contributed by atoms with Crippen LogP contribution >= 0.6 is 11.6 Å². The van der Waals surface area contributed by atoms with Gasteiger partial charge < -0.3 is 9.47 Å². The van der Waals surface area contributed by atoms with Crippen molar-refractivity contribution in [2.24, 2.45) is 7.05 Å². The fraction of sp³-hybridized carbons (Fsp3) is 0.222. The first kappa shape index (κ1) is 21.1. The number of aromatic nitrogens is 5. The van der Waals surface area contributed by atoms with Crippen LogP contribution in [0.2, 0.25) is 5.15 Å². The molecule has 10 nitrogen and oxygen atoms in total. The fourth-order valence-corrected chi connectivity index (χ4v) is 2.77. The second-order valence-corrected chi connectivity index (χ2v) is 6.40. The van der Waals surface area contributed by atoms with Crippen molar-refractivity contribution in [2.45, 2.75) is 13.0 Å². The van der Waals surface area contributed by atoms with Crippen LogP contribution in [0, 0.1) is 5.82 Å². The summed E-state index contributed by atoms with van der Waals surface area (Å²) in [6.07, 6.45) is 0.562. The first-order valence-electron chi connectivity index (χ1n) is 8.53. The summed E-state index contributed by atoms with van der Waals surface area (Å²) in [6.45, 7) is 1.53. The third kappa shape index (κ3) is 4.51. The van der Waals surface area contributed by atoms with E-state index < -0.39 is 24.0 Å². The zero-order valence-corrected chi connectivity index (χ0v) is 16.8. The standard InChI is InChI=1S/C18H16ClFN6O4/c1-9(12-6-11(20)8-22-15(12)19)30-18(28)23-16-14(24-25-26(16)2)13-5-4-10(7-21-13)17(27)29-3/h4-9H,1-3H3,(H,23,28)/t9-/m1/s1. The Kier molecular flexibility index (Phi) is 6.21. The Morgan fingerprint density at radius 1 is 1.27 bits per heavy atom. The van der Waals surface area contributed by atoms with Crippen molar-refractivity contribution in [1.29, 1.82) is 0 Å². The van der Waals surface area contributed by atoms with Crippen LogP contribution in [0.3, 0.4) is 0 Å². The van der Waals surface area contributed by atoms with Crippen molar-refractivity contribution in [3.05, 3.63) is 52.7 Å². The van der Waals surface area contributed by atoms with Crippen molar-refractivity contribution < 1.29 is 23.5 Å². The highest BCUT2D eigenvalue weighted by atomic mass is 35.5. The van der Waals surface area contributed by atoms with Crippen LogP contribution in [-0.4, -0.2) is 44.1 Å². The van der Waals surface area contributed by atoms with Crippen molar-refractivity contribution in [2.75, 3.05) is 12.4 Å². The molecule has 1 N–H and O–H groups in total. The lowest BCUT2D eigenvalue weighted by atomic mass is 10.2. The third-order valence-electron chi connectivity index (χ3n) is 4.03. The number of hydrogen-bond acceptors (Lipinski definition) is 8. The van der Waals surface area contributed by atoms with Gasteiger partial charge in [-0.2, -0.15) is 0 Å². The Bertz CT molecular complexity index is 1090. The smallest absolute Gasteiger partial charge is 0.413 e. The second kappa shape index (κ2) is 8.82.